The Kier molecular flexibility index (Phi) is 8.46. The molecule has 2 heterocycles. The van der Waals surface area contributed by atoms with Gasteiger partial charge in [0.15, 0.2) is 11.5 Å². The van der Waals surface area contributed by atoms with Crippen molar-refractivity contribution in [1.82, 2.24) is 4.72 Å². The number of rotatable bonds is 9. The first-order valence-corrected chi connectivity index (χ1v) is 15.1. The molecule has 1 amide bonds. The molecule has 3 aromatic carbocycles. The van der Waals surface area contributed by atoms with Crippen molar-refractivity contribution in [2.45, 2.75) is 37.6 Å². The number of nitrogens with one attached hydrogen (secondary N) is 2. The van der Waals surface area contributed by atoms with Crippen LogP contribution in [0.4, 0.5) is 11.4 Å². The van der Waals surface area contributed by atoms with E-state index in [-0.39, 0.29) is 30.2 Å². The average Bonchev–Trinajstić information content (AvgIpc) is 3.46. The van der Waals surface area contributed by atoms with Gasteiger partial charge in [-0.1, -0.05) is 30.3 Å². The summed E-state index contributed by atoms with van der Waals surface area (Å²) < 4.78 is 46.4. The Hall–Kier alpha value is -4.09. The Bertz CT molecular complexity index is 1530. The second kappa shape index (κ2) is 12.2. The van der Waals surface area contributed by atoms with Crippen molar-refractivity contribution in [3.8, 4) is 11.5 Å². The SMILES string of the molecule is CCOC(=O)[C@H]1CCCN(c2ccc(NC(=O)c3ccc4c(c3)OCO4)cc2S(=O)(=O)N[C@@H](C)c2ccccc2)C1. The second-order valence-electron chi connectivity index (χ2n) is 10.00. The first-order valence-electron chi connectivity index (χ1n) is 13.6. The molecule has 0 bridgehead atoms. The number of fused-ring (bicyclic) bond motifs is 1. The quantitative estimate of drug-likeness (QED) is 0.356. The van der Waals surface area contributed by atoms with E-state index in [1.165, 1.54) is 6.07 Å². The predicted octanol–water partition coefficient (Wildman–Crippen LogP) is 4.49. The van der Waals surface area contributed by atoms with Crippen LogP contribution < -0.4 is 24.4 Å². The molecule has 5 rings (SSSR count). The Balaban J connectivity index is 1.45. The highest BCUT2D eigenvalue weighted by molar-refractivity contribution is 7.89. The van der Waals surface area contributed by atoms with E-state index in [0.29, 0.717) is 54.4 Å². The van der Waals surface area contributed by atoms with Crippen LogP contribution in [0.25, 0.3) is 0 Å². The number of carbonyl (C=O) groups is 2. The number of esters is 1. The lowest BCUT2D eigenvalue weighted by Crippen LogP contribution is -2.40. The van der Waals surface area contributed by atoms with Crippen LogP contribution in [0.1, 0.15) is 48.7 Å². The molecule has 2 aliphatic rings. The molecule has 2 N–H and O–H groups in total. The van der Waals surface area contributed by atoms with Crippen LogP contribution >= 0.6 is 0 Å². The first-order chi connectivity index (χ1) is 19.7. The van der Waals surface area contributed by atoms with Crippen molar-refractivity contribution < 1.29 is 32.2 Å². The minimum absolute atomic E-state index is 0.00766. The lowest BCUT2D eigenvalue weighted by Gasteiger charge is -2.34. The molecule has 2 atom stereocenters. The number of amides is 1. The predicted molar refractivity (Wildman–Crippen MR) is 154 cm³/mol. The van der Waals surface area contributed by atoms with Crippen LogP contribution in [0.2, 0.25) is 0 Å². The summed E-state index contributed by atoms with van der Waals surface area (Å²) in [5, 5.41) is 2.80. The number of hydrogen-bond acceptors (Lipinski definition) is 8. The maximum Gasteiger partial charge on any atom is 0.310 e. The minimum Gasteiger partial charge on any atom is -0.466 e. The van der Waals surface area contributed by atoms with E-state index in [2.05, 4.69) is 10.0 Å². The molecule has 216 valence electrons. The monoisotopic (exact) mass is 579 g/mol. The third-order valence-electron chi connectivity index (χ3n) is 7.16. The van der Waals surface area contributed by atoms with Gasteiger partial charge in [0.2, 0.25) is 16.8 Å². The minimum atomic E-state index is -4.06. The zero-order chi connectivity index (χ0) is 29.0. The van der Waals surface area contributed by atoms with E-state index in [4.69, 9.17) is 14.2 Å². The molecule has 41 heavy (non-hydrogen) atoms. The fourth-order valence-corrected chi connectivity index (χ4v) is 6.55. The summed E-state index contributed by atoms with van der Waals surface area (Å²) in [6.45, 7) is 4.82. The van der Waals surface area contributed by atoms with Gasteiger partial charge in [-0.05, 0) is 68.7 Å². The second-order valence-corrected chi connectivity index (χ2v) is 11.7. The van der Waals surface area contributed by atoms with Crippen LogP contribution in [-0.2, 0) is 19.6 Å². The third kappa shape index (κ3) is 6.47. The van der Waals surface area contributed by atoms with Gasteiger partial charge in [-0.2, -0.15) is 0 Å². The summed E-state index contributed by atoms with van der Waals surface area (Å²) in [6.07, 6.45) is 1.38. The van der Waals surface area contributed by atoms with Crippen LogP contribution in [0.5, 0.6) is 11.5 Å². The van der Waals surface area contributed by atoms with E-state index < -0.39 is 22.0 Å². The van der Waals surface area contributed by atoms with E-state index in [1.807, 2.05) is 35.2 Å². The Morgan fingerprint density at radius 3 is 2.61 bits per heavy atom. The molecule has 2 aliphatic heterocycles. The van der Waals surface area contributed by atoms with Gasteiger partial charge in [-0.25, -0.2) is 13.1 Å². The lowest BCUT2D eigenvalue weighted by atomic mass is 9.97. The van der Waals surface area contributed by atoms with Gasteiger partial charge in [0.25, 0.3) is 5.91 Å². The van der Waals surface area contributed by atoms with Crippen molar-refractivity contribution in [2.24, 2.45) is 5.92 Å². The number of benzene rings is 3. The molecular weight excluding hydrogens is 546 g/mol. The normalized spacial score (nSPS) is 17.1. The largest absolute Gasteiger partial charge is 0.466 e. The molecule has 1 fully saturated rings. The third-order valence-corrected chi connectivity index (χ3v) is 8.73. The van der Waals surface area contributed by atoms with Gasteiger partial charge in [0.05, 0.1) is 18.2 Å². The van der Waals surface area contributed by atoms with Crippen molar-refractivity contribution in [3.05, 3.63) is 77.9 Å². The maximum atomic E-state index is 13.9. The summed E-state index contributed by atoms with van der Waals surface area (Å²) >= 11 is 0. The van der Waals surface area contributed by atoms with Gasteiger partial charge in [-0.15, -0.1) is 0 Å². The Labute approximate surface area is 239 Å². The number of piperidine rings is 1. The van der Waals surface area contributed by atoms with Crippen LogP contribution in [0, 0.1) is 5.92 Å². The molecule has 1 saturated heterocycles. The fourth-order valence-electron chi connectivity index (χ4n) is 5.06. The molecule has 0 aromatic heterocycles. The zero-order valence-electron chi connectivity index (χ0n) is 23.0. The number of carbonyl (C=O) groups excluding carboxylic acids is 2. The van der Waals surface area contributed by atoms with Gasteiger partial charge in [0, 0.05) is 30.4 Å². The molecule has 0 unspecified atom stereocenters. The molecule has 11 heteroatoms. The molecular formula is C30H33N3O7S. The van der Waals surface area contributed by atoms with E-state index in [1.54, 1.807) is 44.2 Å². The number of hydrogen-bond donors (Lipinski definition) is 2. The van der Waals surface area contributed by atoms with Crippen molar-refractivity contribution in [2.75, 3.05) is 36.7 Å². The highest BCUT2D eigenvalue weighted by atomic mass is 32.2. The highest BCUT2D eigenvalue weighted by Gasteiger charge is 2.31. The van der Waals surface area contributed by atoms with E-state index >= 15 is 0 Å². The fraction of sp³-hybridized carbons (Fsp3) is 0.333. The van der Waals surface area contributed by atoms with Crippen molar-refractivity contribution in [3.63, 3.8) is 0 Å². The smallest absolute Gasteiger partial charge is 0.310 e. The number of ether oxygens (including phenoxy) is 3. The average molecular weight is 580 g/mol. The lowest BCUT2D eigenvalue weighted by molar-refractivity contribution is -0.148. The summed E-state index contributed by atoms with van der Waals surface area (Å²) in [7, 11) is -4.06. The molecule has 0 spiro atoms. The van der Waals surface area contributed by atoms with E-state index in [0.717, 1.165) is 5.56 Å². The van der Waals surface area contributed by atoms with Gasteiger partial charge < -0.3 is 24.4 Å². The van der Waals surface area contributed by atoms with Gasteiger partial charge in [0.1, 0.15) is 4.90 Å². The summed E-state index contributed by atoms with van der Waals surface area (Å²) in [6, 6.07) is 18.4. The molecule has 0 radical (unpaired) electrons. The molecule has 0 saturated carbocycles. The van der Waals surface area contributed by atoms with Gasteiger partial charge >= 0.3 is 5.97 Å². The summed E-state index contributed by atoms with van der Waals surface area (Å²) in [5.41, 5.74) is 1.91. The van der Waals surface area contributed by atoms with E-state index in [9.17, 15) is 18.0 Å². The number of sulfonamides is 1. The number of nitrogens with zero attached hydrogens (tertiary/aromatic N) is 1. The van der Waals surface area contributed by atoms with Crippen molar-refractivity contribution >= 4 is 33.3 Å². The molecule has 3 aromatic rings. The summed E-state index contributed by atoms with van der Waals surface area (Å²) in [5.74, 6) is -0.0478. The first kappa shape index (κ1) is 28.4. The molecule has 0 aliphatic carbocycles. The summed E-state index contributed by atoms with van der Waals surface area (Å²) in [4.78, 5) is 27.5. The Morgan fingerprint density at radius 1 is 1.05 bits per heavy atom. The van der Waals surface area contributed by atoms with Crippen molar-refractivity contribution in [1.29, 1.82) is 0 Å². The number of anilines is 2. The maximum absolute atomic E-state index is 13.9. The highest BCUT2D eigenvalue weighted by Crippen LogP contribution is 2.35. The topological polar surface area (TPSA) is 123 Å². The zero-order valence-corrected chi connectivity index (χ0v) is 23.8. The van der Waals surface area contributed by atoms with Crippen LogP contribution in [-0.4, -0.2) is 46.8 Å². The standard InChI is InChI=1S/C30H33N3O7S/c1-3-38-30(35)23-10-7-15-33(18-23)25-13-12-24(31-29(34)22-11-14-26-27(16-22)40-19-39-26)17-28(25)41(36,37)32-20(2)21-8-5-4-6-9-21/h4-6,8-9,11-14,16-17,20,23,32H,3,7,10,15,18-19H2,1-2H3,(H,31,34)/t20-,23-/m0/s1. The molecule has 10 nitrogen and oxygen atoms in total. The van der Waals surface area contributed by atoms with Crippen LogP contribution in [0.3, 0.4) is 0 Å². The van der Waals surface area contributed by atoms with Gasteiger partial charge in [-0.3, -0.25) is 9.59 Å². The van der Waals surface area contributed by atoms with Crippen LogP contribution in [0.15, 0.2) is 71.6 Å². The Morgan fingerprint density at radius 2 is 1.83 bits per heavy atom.